The highest BCUT2D eigenvalue weighted by Gasteiger charge is 2.23. The first-order valence-electron chi connectivity index (χ1n) is 12.3. The van der Waals surface area contributed by atoms with E-state index in [1.165, 1.54) is 16.7 Å². The number of carbonyl (C=O) groups excluding carboxylic acids is 1. The highest BCUT2D eigenvalue weighted by Crippen LogP contribution is 2.25. The minimum absolute atomic E-state index is 0.0293. The van der Waals surface area contributed by atoms with Gasteiger partial charge in [-0.3, -0.25) is 9.69 Å². The minimum atomic E-state index is -0.178. The number of benzene rings is 2. The molecule has 0 saturated carbocycles. The zero-order valence-corrected chi connectivity index (χ0v) is 19.2. The molecule has 2 aromatic rings. The van der Waals surface area contributed by atoms with Gasteiger partial charge in [0.2, 0.25) is 0 Å². The third kappa shape index (κ3) is 5.75. The molecule has 0 spiro atoms. The number of nitrogens with zero attached hydrogens (tertiary/aromatic N) is 1. The van der Waals surface area contributed by atoms with Gasteiger partial charge in [-0.25, -0.2) is 0 Å². The van der Waals surface area contributed by atoms with Crippen molar-refractivity contribution >= 4 is 5.91 Å². The summed E-state index contributed by atoms with van der Waals surface area (Å²) in [6.45, 7) is 4.03. The van der Waals surface area contributed by atoms with E-state index in [2.05, 4.69) is 28.4 Å². The van der Waals surface area contributed by atoms with Crippen LogP contribution in [0.4, 0.5) is 0 Å². The predicted octanol–water partition coefficient (Wildman–Crippen LogP) is 3.10. The van der Waals surface area contributed by atoms with E-state index in [1.807, 2.05) is 24.3 Å². The fraction of sp³-hybridized carbons (Fsp3) is 0.519. The van der Waals surface area contributed by atoms with Gasteiger partial charge in [-0.2, -0.15) is 0 Å². The average Bonchev–Trinajstić information content (AvgIpc) is 3.50. The number of ether oxygens (including phenoxy) is 2. The van der Waals surface area contributed by atoms with Crippen LogP contribution in [0.25, 0.3) is 0 Å². The predicted molar refractivity (Wildman–Crippen MR) is 127 cm³/mol. The van der Waals surface area contributed by atoms with Gasteiger partial charge in [0.15, 0.2) is 0 Å². The number of β-amino-alcohol motifs (C(OH)–C–C–N with tert-alkyl or cyclic N) is 1. The molecule has 176 valence electrons. The SMILES string of the molecule is O=C(N[C@H]1CCc2cc(CN3CC[C@@H](O)C3)ccc2C1)c1ccc(OC[C@@H]2CCCO2)cc1. The smallest absolute Gasteiger partial charge is 0.251 e. The molecular formula is C27H34N2O4. The van der Waals surface area contributed by atoms with Crippen molar-refractivity contribution in [3.8, 4) is 5.75 Å². The van der Waals surface area contributed by atoms with E-state index in [0.29, 0.717) is 12.2 Å². The maximum absolute atomic E-state index is 12.8. The van der Waals surface area contributed by atoms with Gasteiger partial charge in [0, 0.05) is 37.8 Å². The van der Waals surface area contributed by atoms with Crippen LogP contribution in [0.5, 0.6) is 5.75 Å². The zero-order chi connectivity index (χ0) is 22.6. The van der Waals surface area contributed by atoms with Gasteiger partial charge in [0.25, 0.3) is 5.91 Å². The molecule has 3 atom stereocenters. The van der Waals surface area contributed by atoms with E-state index >= 15 is 0 Å². The highest BCUT2D eigenvalue weighted by molar-refractivity contribution is 5.94. The topological polar surface area (TPSA) is 71.0 Å². The summed E-state index contributed by atoms with van der Waals surface area (Å²) < 4.78 is 11.4. The van der Waals surface area contributed by atoms with Crippen molar-refractivity contribution in [1.29, 1.82) is 0 Å². The van der Waals surface area contributed by atoms with Gasteiger partial charge >= 0.3 is 0 Å². The summed E-state index contributed by atoms with van der Waals surface area (Å²) in [5.41, 5.74) is 4.70. The second kappa shape index (κ2) is 10.2. The van der Waals surface area contributed by atoms with Gasteiger partial charge in [-0.05, 0) is 79.5 Å². The Morgan fingerprint density at radius 1 is 1.12 bits per heavy atom. The molecule has 0 bridgehead atoms. The van der Waals surface area contributed by atoms with Crippen LogP contribution in [0.2, 0.25) is 0 Å². The van der Waals surface area contributed by atoms with Crippen molar-refractivity contribution in [2.75, 3.05) is 26.3 Å². The summed E-state index contributed by atoms with van der Waals surface area (Å²) in [6.07, 6.45) is 5.83. The van der Waals surface area contributed by atoms with E-state index < -0.39 is 0 Å². The first kappa shape index (κ1) is 22.4. The molecule has 5 rings (SSSR count). The maximum Gasteiger partial charge on any atom is 0.251 e. The maximum atomic E-state index is 12.8. The Bertz CT molecular complexity index is 955. The highest BCUT2D eigenvalue weighted by atomic mass is 16.5. The molecule has 0 radical (unpaired) electrons. The third-order valence-electron chi connectivity index (χ3n) is 7.06. The van der Waals surface area contributed by atoms with Gasteiger partial charge in [-0.15, -0.1) is 0 Å². The molecule has 2 N–H and O–H groups in total. The van der Waals surface area contributed by atoms with Crippen LogP contribution in [0, 0.1) is 0 Å². The van der Waals surface area contributed by atoms with Crippen LogP contribution in [0.15, 0.2) is 42.5 Å². The summed E-state index contributed by atoms with van der Waals surface area (Å²) in [6, 6.07) is 14.3. The van der Waals surface area contributed by atoms with Crippen LogP contribution < -0.4 is 10.1 Å². The van der Waals surface area contributed by atoms with Crippen LogP contribution in [0.3, 0.4) is 0 Å². The van der Waals surface area contributed by atoms with E-state index in [0.717, 1.165) is 70.5 Å². The molecule has 1 amide bonds. The normalized spacial score (nSPS) is 25.1. The van der Waals surface area contributed by atoms with Crippen LogP contribution in [0.1, 0.15) is 52.7 Å². The van der Waals surface area contributed by atoms with Gasteiger partial charge in [0.05, 0.1) is 12.2 Å². The van der Waals surface area contributed by atoms with Crippen molar-refractivity contribution in [3.05, 3.63) is 64.7 Å². The van der Waals surface area contributed by atoms with Crippen LogP contribution in [-0.4, -0.2) is 60.5 Å². The van der Waals surface area contributed by atoms with Gasteiger partial charge in [0.1, 0.15) is 12.4 Å². The summed E-state index contributed by atoms with van der Waals surface area (Å²) in [4.78, 5) is 15.1. The number of rotatable bonds is 7. The molecule has 1 aliphatic carbocycles. The molecule has 3 aliphatic rings. The Morgan fingerprint density at radius 2 is 2.00 bits per heavy atom. The number of fused-ring (bicyclic) bond motifs is 1. The Balaban J connectivity index is 1.12. The Hall–Kier alpha value is -2.41. The second-order valence-electron chi connectivity index (χ2n) is 9.66. The van der Waals surface area contributed by atoms with Crippen molar-refractivity contribution in [2.45, 2.75) is 63.3 Å². The van der Waals surface area contributed by atoms with Crippen molar-refractivity contribution < 1.29 is 19.4 Å². The fourth-order valence-electron chi connectivity index (χ4n) is 5.18. The fourth-order valence-corrected chi connectivity index (χ4v) is 5.18. The number of aryl methyl sites for hydroxylation is 1. The summed E-state index contributed by atoms with van der Waals surface area (Å²) in [5.74, 6) is 0.742. The lowest BCUT2D eigenvalue weighted by Crippen LogP contribution is -2.38. The number of aliphatic hydroxyl groups is 1. The molecule has 0 aromatic heterocycles. The molecule has 2 aromatic carbocycles. The molecular weight excluding hydrogens is 416 g/mol. The molecule has 6 heteroatoms. The molecule has 2 heterocycles. The molecule has 33 heavy (non-hydrogen) atoms. The monoisotopic (exact) mass is 450 g/mol. The van der Waals surface area contributed by atoms with Crippen LogP contribution >= 0.6 is 0 Å². The summed E-state index contributed by atoms with van der Waals surface area (Å²) >= 11 is 0. The number of carbonyl (C=O) groups is 1. The Kier molecular flexibility index (Phi) is 6.95. The van der Waals surface area contributed by atoms with E-state index in [4.69, 9.17) is 9.47 Å². The molecule has 6 nitrogen and oxygen atoms in total. The summed E-state index contributed by atoms with van der Waals surface area (Å²) in [7, 11) is 0. The lowest BCUT2D eigenvalue weighted by Gasteiger charge is -2.26. The van der Waals surface area contributed by atoms with Crippen molar-refractivity contribution in [2.24, 2.45) is 0 Å². The number of likely N-dealkylation sites (tertiary alicyclic amines) is 1. The van der Waals surface area contributed by atoms with E-state index in [9.17, 15) is 9.90 Å². The molecule has 0 unspecified atom stereocenters. The van der Waals surface area contributed by atoms with Crippen molar-refractivity contribution in [3.63, 3.8) is 0 Å². The Morgan fingerprint density at radius 3 is 2.76 bits per heavy atom. The number of hydrogen-bond donors (Lipinski definition) is 2. The van der Waals surface area contributed by atoms with E-state index in [1.54, 1.807) is 0 Å². The number of amides is 1. The van der Waals surface area contributed by atoms with E-state index in [-0.39, 0.29) is 24.2 Å². The number of aliphatic hydroxyl groups excluding tert-OH is 1. The average molecular weight is 451 g/mol. The first-order chi connectivity index (χ1) is 16.1. The standard InChI is InChI=1S/C27H34N2O4/c30-24-11-12-29(17-24)16-19-3-4-22-15-23(8-5-21(22)14-19)28-27(31)20-6-9-25(10-7-20)33-18-26-2-1-13-32-26/h3-4,6-7,9-10,14,23-24,26,30H,1-2,5,8,11-13,15-18H2,(H,28,31)/t23-,24+,26-/m0/s1. The third-order valence-corrected chi connectivity index (χ3v) is 7.06. The molecule has 2 fully saturated rings. The first-order valence-corrected chi connectivity index (χ1v) is 12.3. The minimum Gasteiger partial charge on any atom is -0.491 e. The van der Waals surface area contributed by atoms with Crippen molar-refractivity contribution in [1.82, 2.24) is 10.2 Å². The largest absolute Gasteiger partial charge is 0.491 e. The zero-order valence-electron chi connectivity index (χ0n) is 19.2. The number of nitrogens with one attached hydrogen (secondary N) is 1. The van der Waals surface area contributed by atoms with Crippen LogP contribution in [-0.2, 0) is 24.1 Å². The summed E-state index contributed by atoms with van der Waals surface area (Å²) in [5, 5.41) is 13.0. The lowest BCUT2D eigenvalue weighted by atomic mass is 9.87. The van der Waals surface area contributed by atoms with Gasteiger partial charge < -0.3 is 19.9 Å². The quantitative estimate of drug-likeness (QED) is 0.678. The molecule has 2 saturated heterocycles. The molecule has 2 aliphatic heterocycles. The van der Waals surface area contributed by atoms with Gasteiger partial charge in [-0.1, -0.05) is 18.2 Å². The Labute approximate surface area is 195 Å². The number of hydrogen-bond acceptors (Lipinski definition) is 5. The second-order valence-corrected chi connectivity index (χ2v) is 9.66. The lowest BCUT2D eigenvalue weighted by molar-refractivity contribution is 0.0679.